The summed E-state index contributed by atoms with van der Waals surface area (Å²) < 4.78 is 0.372. The Kier molecular flexibility index (Phi) is 5.49. The molecule has 2 rings (SSSR count). The first-order valence-corrected chi connectivity index (χ1v) is 8.81. The van der Waals surface area contributed by atoms with Crippen LogP contribution in [0.25, 0.3) is 0 Å². The minimum atomic E-state index is 0.369. The van der Waals surface area contributed by atoms with Gasteiger partial charge in [0.25, 0.3) is 0 Å². The van der Waals surface area contributed by atoms with Gasteiger partial charge in [0.2, 0.25) is 0 Å². The summed E-state index contributed by atoms with van der Waals surface area (Å²) >= 11 is 2.07. The zero-order valence-electron chi connectivity index (χ0n) is 13.9. The molecule has 4 nitrogen and oxygen atoms in total. The number of nitrogens with zero attached hydrogens (tertiary/aromatic N) is 3. The molecule has 1 N–H and O–H groups in total. The van der Waals surface area contributed by atoms with E-state index >= 15 is 0 Å². The van der Waals surface area contributed by atoms with Gasteiger partial charge in [-0.15, -0.1) is 0 Å². The zero-order chi connectivity index (χ0) is 15.5. The van der Waals surface area contributed by atoms with Gasteiger partial charge in [0.1, 0.15) is 5.82 Å². The van der Waals surface area contributed by atoms with Crippen LogP contribution in [0.4, 0.5) is 5.69 Å². The summed E-state index contributed by atoms with van der Waals surface area (Å²) in [7, 11) is 1.97. The predicted molar refractivity (Wildman–Crippen MR) is 92.3 cm³/mol. The maximum Gasteiger partial charge on any atom is 0.131 e. The molecule has 0 saturated carbocycles. The molecule has 1 saturated heterocycles. The third kappa shape index (κ3) is 4.33. The van der Waals surface area contributed by atoms with E-state index in [2.05, 4.69) is 54.7 Å². The van der Waals surface area contributed by atoms with Crippen molar-refractivity contribution in [3.05, 3.63) is 17.7 Å². The van der Waals surface area contributed by atoms with Crippen molar-refractivity contribution in [2.24, 2.45) is 0 Å². The highest BCUT2D eigenvalue weighted by atomic mass is 32.2. The molecular weight excluding hydrogens is 280 g/mol. The van der Waals surface area contributed by atoms with Crippen LogP contribution in [0.2, 0.25) is 0 Å². The molecule has 1 aliphatic heterocycles. The summed E-state index contributed by atoms with van der Waals surface area (Å²) in [5.74, 6) is 2.47. The summed E-state index contributed by atoms with van der Waals surface area (Å²) in [4.78, 5) is 11.8. The summed E-state index contributed by atoms with van der Waals surface area (Å²) in [6.07, 6.45) is 3.22. The van der Waals surface area contributed by atoms with Crippen LogP contribution in [-0.2, 0) is 6.54 Å². The quantitative estimate of drug-likeness (QED) is 0.926. The molecular formula is C16H28N4S. The number of aromatic nitrogens is 2. The third-order valence-corrected chi connectivity index (χ3v) is 5.28. The molecule has 5 heteroatoms. The lowest BCUT2D eigenvalue weighted by Gasteiger charge is -2.26. The molecule has 0 unspecified atom stereocenters. The van der Waals surface area contributed by atoms with E-state index in [0.29, 0.717) is 10.7 Å². The van der Waals surface area contributed by atoms with Gasteiger partial charge < -0.3 is 10.2 Å². The van der Waals surface area contributed by atoms with E-state index in [1.165, 1.54) is 12.1 Å². The highest BCUT2D eigenvalue weighted by Gasteiger charge is 2.25. The molecule has 0 bridgehead atoms. The second-order valence-electron chi connectivity index (χ2n) is 6.59. The van der Waals surface area contributed by atoms with Crippen molar-refractivity contribution >= 4 is 17.4 Å². The Morgan fingerprint density at radius 3 is 2.81 bits per heavy atom. The molecule has 1 aliphatic rings. The molecule has 0 aromatic carbocycles. The van der Waals surface area contributed by atoms with Crippen molar-refractivity contribution in [3.8, 4) is 0 Å². The Morgan fingerprint density at radius 1 is 1.38 bits per heavy atom. The molecule has 0 amide bonds. The standard InChI is InChI=1S/C16H28N4S/c1-12(2)15-18-11-14(13(19-15)10-17-5)20-7-6-16(3,4)21-9-8-20/h11-12,17H,6-10H2,1-5H3. The fraction of sp³-hybridized carbons (Fsp3) is 0.750. The van der Waals surface area contributed by atoms with Crippen LogP contribution in [0.3, 0.4) is 0 Å². The second-order valence-corrected chi connectivity index (χ2v) is 8.39. The highest BCUT2D eigenvalue weighted by molar-refractivity contribution is 8.00. The molecule has 21 heavy (non-hydrogen) atoms. The van der Waals surface area contributed by atoms with Gasteiger partial charge in [-0.05, 0) is 13.5 Å². The molecule has 118 valence electrons. The first-order chi connectivity index (χ1) is 9.93. The van der Waals surface area contributed by atoms with Crippen LogP contribution < -0.4 is 10.2 Å². The summed E-state index contributed by atoms with van der Waals surface area (Å²) in [5.41, 5.74) is 2.33. The number of hydrogen-bond donors (Lipinski definition) is 1. The van der Waals surface area contributed by atoms with Crippen molar-refractivity contribution < 1.29 is 0 Å². The minimum Gasteiger partial charge on any atom is -0.368 e. The number of rotatable bonds is 4. The normalized spacial score (nSPS) is 18.9. The van der Waals surface area contributed by atoms with Gasteiger partial charge in [0.15, 0.2) is 0 Å². The SMILES string of the molecule is CNCc1nc(C(C)C)ncc1N1CCSC(C)(C)CC1. The van der Waals surface area contributed by atoms with Gasteiger partial charge in [-0.3, -0.25) is 0 Å². The van der Waals surface area contributed by atoms with Crippen molar-refractivity contribution in [2.75, 3.05) is 30.8 Å². The van der Waals surface area contributed by atoms with E-state index in [1.54, 1.807) is 0 Å². The summed E-state index contributed by atoms with van der Waals surface area (Å²) in [6, 6.07) is 0. The second kappa shape index (κ2) is 6.97. The van der Waals surface area contributed by atoms with E-state index in [-0.39, 0.29) is 0 Å². The minimum absolute atomic E-state index is 0.369. The summed E-state index contributed by atoms with van der Waals surface area (Å²) in [5, 5.41) is 3.24. The molecule has 1 aromatic heterocycles. The lowest BCUT2D eigenvalue weighted by molar-refractivity contribution is 0.632. The van der Waals surface area contributed by atoms with Gasteiger partial charge in [0.05, 0.1) is 17.6 Å². The van der Waals surface area contributed by atoms with Crippen molar-refractivity contribution in [3.63, 3.8) is 0 Å². The van der Waals surface area contributed by atoms with Gasteiger partial charge in [-0.2, -0.15) is 11.8 Å². The fourth-order valence-corrected chi connectivity index (χ4v) is 3.63. The average molecular weight is 308 g/mol. The van der Waals surface area contributed by atoms with Crippen LogP contribution in [0, 0.1) is 0 Å². The molecule has 2 heterocycles. The Morgan fingerprint density at radius 2 is 2.14 bits per heavy atom. The maximum atomic E-state index is 4.78. The van der Waals surface area contributed by atoms with Crippen LogP contribution in [0.15, 0.2) is 6.20 Å². The average Bonchev–Trinajstić information content (AvgIpc) is 2.60. The number of anilines is 1. The van der Waals surface area contributed by atoms with Gasteiger partial charge in [0, 0.05) is 36.1 Å². The van der Waals surface area contributed by atoms with Gasteiger partial charge in [-0.1, -0.05) is 27.7 Å². The molecule has 0 atom stereocenters. The van der Waals surface area contributed by atoms with Gasteiger partial charge in [-0.25, -0.2) is 9.97 Å². The molecule has 1 fully saturated rings. The van der Waals surface area contributed by atoms with Crippen molar-refractivity contribution in [1.29, 1.82) is 0 Å². The van der Waals surface area contributed by atoms with E-state index in [9.17, 15) is 0 Å². The Hall–Kier alpha value is -0.810. The van der Waals surface area contributed by atoms with E-state index < -0.39 is 0 Å². The fourth-order valence-electron chi connectivity index (χ4n) is 2.53. The lowest BCUT2D eigenvalue weighted by Crippen LogP contribution is -2.29. The smallest absolute Gasteiger partial charge is 0.131 e. The number of nitrogens with one attached hydrogen (secondary N) is 1. The van der Waals surface area contributed by atoms with Crippen molar-refractivity contribution in [1.82, 2.24) is 15.3 Å². The predicted octanol–water partition coefficient (Wildman–Crippen LogP) is 3.04. The van der Waals surface area contributed by atoms with E-state index in [4.69, 9.17) is 4.98 Å². The van der Waals surface area contributed by atoms with Crippen LogP contribution in [0.1, 0.15) is 51.6 Å². The largest absolute Gasteiger partial charge is 0.368 e. The third-order valence-electron chi connectivity index (χ3n) is 3.90. The number of thioether (sulfide) groups is 1. The molecule has 0 spiro atoms. The Bertz CT molecular complexity index is 473. The highest BCUT2D eigenvalue weighted by Crippen LogP contribution is 2.33. The Labute approximate surface area is 133 Å². The Balaban J connectivity index is 2.25. The van der Waals surface area contributed by atoms with Gasteiger partial charge >= 0.3 is 0 Å². The zero-order valence-corrected chi connectivity index (χ0v) is 14.8. The van der Waals surface area contributed by atoms with Crippen molar-refractivity contribution in [2.45, 2.75) is 51.3 Å². The molecule has 0 aliphatic carbocycles. The first-order valence-electron chi connectivity index (χ1n) is 7.82. The van der Waals surface area contributed by atoms with Crippen LogP contribution in [0.5, 0.6) is 0 Å². The van der Waals surface area contributed by atoms with E-state index in [1.807, 2.05) is 13.2 Å². The van der Waals surface area contributed by atoms with Crippen LogP contribution in [-0.4, -0.2) is 40.6 Å². The first kappa shape index (κ1) is 16.6. The maximum absolute atomic E-state index is 4.78. The van der Waals surface area contributed by atoms with E-state index in [0.717, 1.165) is 36.9 Å². The topological polar surface area (TPSA) is 41.1 Å². The number of hydrogen-bond acceptors (Lipinski definition) is 5. The molecule has 0 radical (unpaired) electrons. The molecule has 1 aromatic rings. The van der Waals surface area contributed by atoms with Crippen LogP contribution >= 0.6 is 11.8 Å². The lowest BCUT2D eigenvalue weighted by atomic mass is 10.1. The monoisotopic (exact) mass is 308 g/mol. The summed E-state index contributed by atoms with van der Waals surface area (Å²) in [6.45, 7) is 11.9.